The first-order valence-corrected chi connectivity index (χ1v) is 17.8. The van der Waals surface area contributed by atoms with Crippen LogP contribution in [0.4, 0.5) is 0 Å². The van der Waals surface area contributed by atoms with Gasteiger partial charge in [0.2, 0.25) is 26.0 Å². The Morgan fingerprint density at radius 2 is 1.31 bits per heavy atom. The minimum atomic E-state index is -4.13. The molecule has 0 aliphatic heterocycles. The minimum Gasteiger partial charge on any atom is -0.480 e. The SMILES string of the molecule is Cc1ccc(S(=O)(=O)N[C@H](Cc2ccccc2)C(=O)NCCCC[C@@](CC(C)C)(NS(=O)(=O)c2ccc(C)cc2)C(=O)O)cc1. The van der Waals surface area contributed by atoms with Crippen molar-refractivity contribution in [3.05, 3.63) is 95.6 Å². The predicted molar refractivity (Wildman–Crippen MR) is 174 cm³/mol. The van der Waals surface area contributed by atoms with Gasteiger partial charge < -0.3 is 10.4 Å². The van der Waals surface area contributed by atoms with E-state index in [0.29, 0.717) is 6.42 Å². The fourth-order valence-corrected chi connectivity index (χ4v) is 7.65. The lowest BCUT2D eigenvalue weighted by Crippen LogP contribution is -2.55. The molecule has 3 aromatic carbocycles. The summed E-state index contributed by atoms with van der Waals surface area (Å²) in [4.78, 5) is 25.9. The molecule has 12 heteroatoms. The molecular formula is C33H43N3O7S2. The Balaban J connectivity index is 1.69. The summed E-state index contributed by atoms with van der Waals surface area (Å²) in [6.45, 7) is 7.45. The first-order chi connectivity index (χ1) is 21.1. The number of benzene rings is 3. The fraction of sp³-hybridized carbons (Fsp3) is 0.394. The summed E-state index contributed by atoms with van der Waals surface area (Å²) in [5.41, 5.74) is 0.791. The molecule has 244 valence electrons. The van der Waals surface area contributed by atoms with Crippen molar-refractivity contribution in [2.24, 2.45) is 5.92 Å². The van der Waals surface area contributed by atoms with Crippen LogP contribution in [0.2, 0.25) is 0 Å². The number of amides is 1. The molecule has 0 heterocycles. The van der Waals surface area contributed by atoms with Gasteiger partial charge in [0, 0.05) is 6.54 Å². The van der Waals surface area contributed by atoms with Crippen LogP contribution >= 0.6 is 0 Å². The largest absolute Gasteiger partial charge is 0.480 e. The average Bonchev–Trinajstić information content (AvgIpc) is 2.96. The molecule has 4 N–H and O–H groups in total. The van der Waals surface area contributed by atoms with Crippen LogP contribution in [-0.4, -0.2) is 51.9 Å². The van der Waals surface area contributed by atoms with Crippen LogP contribution in [0.25, 0.3) is 0 Å². The number of aliphatic carboxylic acids is 1. The molecule has 0 fully saturated rings. The van der Waals surface area contributed by atoms with Gasteiger partial charge in [0.15, 0.2) is 0 Å². The maximum absolute atomic E-state index is 13.3. The number of carboxylic acids is 1. The second-order valence-electron chi connectivity index (χ2n) is 11.8. The molecule has 2 atom stereocenters. The minimum absolute atomic E-state index is 0.00499. The lowest BCUT2D eigenvalue weighted by molar-refractivity contribution is -0.145. The third kappa shape index (κ3) is 10.5. The Morgan fingerprint density at radius 3 is 1.82 bits per heavy atom. The summed E-state index contributed by atoms with van der Waals surface area (Å²) < 4.78 is 57.6. The summed E-state index contributed by atoms with van der Waals surface area (Å²) in [6, 6.07) is 20.4. The highest BCUT2D eigenvalue weighted by Gasteiger charge is 2.42. The maximum Gasteiger partial charge on any atom is 0.324 e. The van der Waals surface area contributed by atoms with Gasteiger partial charge in [-0.3, -0.25) is 9.59 Å². The van der Waals surface area contributed by atoms with E-state index in [4.69, 9.17) is 0 Å². The van der Waals surface area contributed by atoms with E-state index in [2.05, 4.69) is 14.8 Å². The van der Waals surface area contributed by atoms with Crippen molar-refractivity contribution in [1.82, 2.24) is 14.8 Å². The number of carbonyl (C=O) groups excluding carboxylic acids is 1. The molecule has 0 unspecified atom stereocenters. The number of hydrogen-bond donors (Lipinski definition) is 4. The molecule has 0 saturated carbocycles. The van der Waals surface area contributed by atoms with Crippen LogP contribution < -0.4 is 14.8 Å². The van der Waals surface area contributed by atoms with E-state index in [0.717, 1.165) is 16.7 Å². The zero-order valence-electron chi connectivity index (χ0n) is 26.1. The average molecular weight is 658 g/mol. The number of carbonyl (C=O) groups is 2. The Bertz CT molecular complexity index is 1640. The van der Waals surface area contributed by atoms with Crippen LogP contribution in [-0.2, 0) is 36.1 Å². The molecule has 1 amide bonds. The van der Waals surface area contributed by atoms with E-state index >= 15 is 0 Å². The molecule has 45 heavy (non-hydrogen) atoms. The Labute approximate surface area is 266 Å². The normalized spacial score (nSPS) is 14.1. The smallest absolute Gasteiger partial charge is 0.324 e. The number of hydrogen-bond acceptors (Lipinski definition) is 6. The Hall–Kier alpha value is -3.58. The topological polar surface area (TPSA) is 159 Å². The molecule has 0 radical (unpaired) electrons. The molecule has 3 aromatic rings. The number of carboxylic acid groups (broad SMARTS) is 1. The van der Waals surface area contributed by atoms with Gasteiger partial charge >= 0.3 is 5.97 Å². The van der Waals surface area contributed by atoms with Crippen LogP contribution in [0.15, 0.2) is 88.7 Å². The molecule has 0 aromatic heterocycles. The highest BCUT2D eigenvalue weighted by molar-refractivity contribution is 7.89. The van der Waals surface area contributed by atoms with Gasteiger partial charge in [-0.1, -0.05) is 79.6 Å². The predicted octanol–water partition coefficient (Wildman–Crippen LogP) is 4.33. The molecule has 10 nitrogen and oxygen atoms in total. The summed E-state index contributed by atoms with van der Waals surface area (Å²) in [6.07, 6.45) is 0.811. The van der Waals surface area contributed by atoms with E-state index < -0.39 is 43.5 Å². The third-order valence-electron chi connectivity index (χ3n) is 7.38. The first kappa shape index (κ1) is 35.9. The molecule has 0 bridgehead atoms. The number of sulfonamides is 2. The molecule has 0 aliphatic rings. The summed E-state index contributed by atoms with van der Waals surface area (Å²) in [7, 11) is -8.13. The van der Waals surface area contributed by atoms with E-state index in [1.807, 2.05) is 33.8 Å². The van der Waals surface area contributed by atoms with Crippen molar-refractivity contribution in [3.63, 3.8) is 0 Å². The number of unbranched alkanes of at least 4 members (excludes halogenated alkanes) is 1. The lowest BCUT2D eigenvalue weighted by Gasteiger charge is -2.32. The summed E-state index contributed by atoms with van der Waals surface area (Å²) >= 11 is 0. The zero-order valence-corrected chi connectivity index (χ0v) is 27.7. The van der Waals surface area contributed by atoms with Crippen molar-refractivity contribution in [2.45, 2.75) is 81.2 Å². The fourth-order valence-electron chi connectivity index (χ4n) is 5.06. The van der Waals surface area contributed by atoms with Gasteiger partial charge in [-0.2, -0.15) is 9.44 Å². The number of rotatable bonds is 17. The van der Waals surface area contributed by atoms with Gasteiger partial charge in [-0.05, 0) is 81.7 Å². The standard InChI is InChI=1S/C33H43N3O7S2/c1-24(2)23-33(32(38)39,36-45(42,43)29-18-14-26(4)15-19-29)20-8-9-21-34-31(37)30(22-27-10-6-5-7-11-27)35-44(40,41)28-16-12-25(3)13-17-28/h5-7,10-19,24,30,35-36H,8-9,20-23H2,1-4H3,(H,34,37)(H,38,39)/t30-,33+/m1/s1. The van der Waals surface area contributed by atoms with Gasteiger partial charge in [-0.15, -0.1) is 0 Å². The second kappa shape index (κ2) is 15.6. The van der Waals surface area contributed by atoms with Crippen molar-refractivity contribution in [1.29, 1.82) is 0 Å². The Morgan fingerprint density at radius 1 is 0.778 bits per heavy atom. The molecule has 3 rings (SSSR count). The monoisotopic (exact) mass is 657 g/mol. The van der Waals surface area contributed by atoms with Crippen LogP contribution in [0.5, 0.6) is 0 Å². The molecule has 0 saturated heterocycles. The van der Waals surface area contributed by atoms with Gasteiger partial charge in [0.25, 0.3) is 0 Å². The summed E-state index contributed by atoms with van der Waals surface area (Å²) in [5.74, 6) is -1.92. The summed E-state index contributed by atoms with van der Waals surface area (Å²) in [5, 5.41) is 13.0. The molecular weight excluding hydrogens is 615 g/mol. The van der Waals surface area contributed by atoms with Crippen molar-refractivity contribution in [3.8, 4) is 0 Å². The van der Waals surface area contributed by atoms with E-state index in [-0.39, 0.29) is 47.9 Å². The van der Waals surface area contributed by atoms with Crippen molar-refractivity contribution in [2.75, 3.05) is 6.54 Å². The quantitative estimate of drug-likeness (QED) is 0.157. The highest BCUT2D eigenvalue weighted by atomic mass is 32.2. The van der Waals surface area contributed by atoms with Gasteiger partial charge in [-0.25, -0.2) is 16.8 Å². The Kier molecular flexibility index (Phi) is 12.5. The van der Waals surface area contributed by atoms with E-state index in [1.165, 1.54) is 24.3 Å². The van der Waals surface area contributed by atoms with Crippen LogP contribution in [0.1, 0.15) is 56.2 Å². The number of nitrogens with one attached hydrogen (secondary N) is 3. The zero-order chi connectivity index (χ0) is 33.3. The lowest BCUT2D eigenvalue weighted by atomic mass is 9.85. The molecule has 0 aliphatic carbocycles. The maximum atomic E-state index is 13.3. The van der Waals surface area contributed by atoms with Crippen molar-refractivity contribution < 1.29 is 31.5 Å². The van der Waals surface area contributed by atoms with Gasteiger partial charge in [0.05, 0.1) is 9.79 Å². The van der Waals surface area contributed by atoms with Crippen molar-refractivity contribution >= 4 is 31.9 Å². The second-order valence-corrected chi connectivity index (χ2v) is 15.2. The first-order valence-electron chi connectivity index (χ1n) is 14.9. The molecule has 0 spiro atoms. The van der Waals surface area contributed by atoms with Crippen LogP contribution in [0.3, 0.4) is 0 Å². The van der Waals surface area contributed by atoms with E-state index in [9.17, 15) is 31.5 Å². The van der Waals surface area contributed by atoms with Gasteiger partial charge in [0.1, 0.15) is 11.6 Å². The highest BCUT2D eigenvalue weighted by Crippen LogP contribution is 2.27. The van der Waals surface area contributed by atoms with E-state index in [1.54, 1.807) is 48.5 Å². The number of aryl methyl sites for hydroxylation is 2. The third-order valence-corrected chi connectivity index (χ3v) is 10.4. The van der Waals surface area contributed by atoms with Crippen LogP contribution in [0, 0.1) is 19.8 Å².